The summed E-state index contributed by atoms with van der Waals surface area (Å²) in [5.41, 5.74) is -0.683. The Kier molecular flexibility index (Phi) is 4.53. The normalized spacial score (nSPS) is 11.3. The van der Waals surface area contributed by atoms with Gasteiger partial charge < -0.3 is 5.32 Å². The second kappa shape index (κ2) is 6.03. The number of carbonyl (C=O) groups excluding carboxylic acids is 1. The van der Waals surface area contributed by atoms with E-state index in [9.17, 15) is 18.0 Å². The summed E-state index contributed by atoms with van der Waals surface area (Å²) in [6.07, 6.45) is -3.17. The molecule has 0 saturated heterocycles. The van der Waals surface area contributed by atoms with Crippen molar-refractivity contribution in [3.63, 3.8) is 0 Å². The number of anilines is 1. The van der Waals surface area contributed by atoms with Crippen LogP contribution in [-0.2, 0) is 6.18 Å². The van der Waals surface area contributed by atoms with Crippen molar-refractivity contribution in [3.05, 3.63) is 57.3 Å². The molecule has 8 heteroatoms. The SMILES string of the molecule is O=C(Nc1ccnc(Cl)c1)c1ccc(Br)c(C(F)(F)F)c1. The lowest BCUT2D eigenvalue weighted by atomic mass is 10.1. The van der Waals surface area contributed by atoms with Crippen molar-refractivity contribution in [2.75, 3.05) is 5.32 Å². The number of benzene rings is 1. The third-order valence-electron chi connectivity index (χ3n) is 2.52. The van der Waals surface area contributed by atoms with Crippen LogP contribution in [0.2, 0.25) is 5.15 Å². The maximum Gasteiger partial charge on any atom is 0.417 e. The molecule has 0 aliphatic rings. The number of alkyl halides is 3. The van der Waals surface area contributed by atoms with E-state index in [0.29, 0.717) is 5.69 Å². The Balaban J connectivity index is 2.28. The summed E-state index contributed by atoms with van der Waals surface area (Å²) in [6, 6.07) is 6.12. The molecular weight excluding hydrogens is 373 g/mol. The molecule has 0 unspecified atom stereocenters. The number of nitrogens with one attached hydrogen (secondary N) is 1. The van der Waals surface area contributed by atoms with Gasteiger partial charge in [0.25, 0.3) is 5.91 Å². The zero-order valence-electron chi connectivity index (χ0n) is 10.2. The molecule has 0 atom stereocenters. The first-order chi connectivity index (χ1) is 9.77. The maximum atomic E-state index is 12.8. The van der Waals surface area contributed by atoms with Crippen LogP contribution < -0.4 is 5.32 Å². The molecule has 21 heavy (non-hydrogen) atoms. The Hall–Kier alpha value is -1.60. The molecule has 0 aliphatic carbocycles. The predicted molar refractivity (Wildman–Crippen MR) is 76.3 cm³/mol. The summed E-state index contributed by atoms with van der Waals surface area (Å²) < 4.78 is 38.2. The molecule has 0 spiro atoms. The molecule has 3 nitrogen and oxygen atoms in total. The van der Waals surface area contributed by atoms with E-state index in [4.69, 9.17) is 11.6 Å². The second-order valence-electron chi connectivity index (χ2n) is 4.01. The molecule has 0 aliphatic heterocycles. The molecule has 0 bridgehead atoms. The van der Waals surface area contributed by atoms with Gasteiger partial charge >= 0.3 is 6.18 Å². The van der Waals surface area contributed by atoms with Crippen molar-refractivity contribution in [1.82, 2.24) is 4.98 Å². The summed E-state index contributed by atoms with van der Waals surface area (Å²) in [4.78, 5) is 15.7. The van der Waals surface area contributed by atoms with Gasteiger partial charge in [-0.05, 0) is 30.3 Å². The molecule has 1 amide bonds. The van der Waals surface area contributed by atoms with E-state index in [-0.39, 0.29) is 15.2 Å². The Morgan fingerprint density at radius 2 is 1.95 bits per heavy atom. The predicted octanol–water partition coefficient (Wildman–Crippen LogP) is 4.77. The minimum absolute atomic E-state index is 0.113. The van der Waals surface area contributed by atoms with Gasteiger partial charge in [0.15, 0.2) is 0 Å². The van der Waals surface area contributed by atoms with Crippen LogP contribution in [0.4, 0.5) is 18.9 Å². The highest BCUT2D eigenvalue weighted by atomic mass is 79.9. The summed E-state index contributed by atoms with van der Waals surface area (Å²) >= 11 is 8.48. The average molecular weight is 380 g/mol. The fourth-order valence-electron chi connectivity index (χ4n) is 1.57. The van der Waals surface area contributed by atoms with Gasteiger partial charge in [0, 0.05) is 21.9 Å². The summed E-state index contributed by atoms with van der Waals surface area (Å²) in [5.74, 6) is -0.671. The molecule has 110 valence electrons. The highest BCUT2D eigenvalue weighted by Crippen LogP contribution is 2.35. The number of hydrogen-bond donors (Lipinski definition) is 1. The van der Waals surface area contributed by atoms with Gasteiger partial charge in [0.1, 0.15) is 5.15 Å². The van der Waals surface area contributed by atoms with Crippen molar-refractivity contribution < 1.29 is 18.0 Å². The summed E-state index contributed by atoms with van der Waals surface area (Å²) in [6.45, 7) is 0. The average Bonchev–Trinajstić information content (AvgIpc) is 2.37. The lowest BCUT2D eigenvalue weighted by Gasteiger charge is -2.11. The van der Waals surface area contributed by atoms with Crippen LogP contribution in [-0.4, -0.2) is 10.9 Å². The summed E-state index contributed by atoms with van der Waals surface area (Å²) in [5, 5.41) is 2.62. The standard InChI is InChI=1S/C13H7BrClF3N2O/c14-10-2-1-7(5-9(10)13(16,17)18)12(21)20-8-3-4-19-11(15)6-8/h1-6H,(H,19,20,21). The number of rotatable bonds is 2. The van der Waals surface area contributed by atoms with Crippen molar-refractivity contribution in [1.29, 1.82) is 0 Å². The topological polar surface area (TPSA) is 42.0 Å². The van der Waals surface area contributed by atoms with Gasteiger partial charge in [-0.25, -0.2) is 4.98 Å². The van der Waals surface area contributed by atoms with E-state index in [1.54, 1.807) is 0 Å². The molecule has 1 aromatic carbocycles. The first kappa shape index (κ1) is 15.8. The summed E-state index contributed by atoms with van der Waals surface area (Å²) in [7, 11) is 0. The number of aromatic nitrogens is 1. The largest absolute Gasteiger partial charge is 0.417 e. The Labute approximate surface area is 131 Å². The molecule has 1 N–H and O–H groups in total. The monoisotopic (exact) mass is 378 g/mol. The van der Waals surface area contributed by atoms with E-state index in [1.165, 1.54) is 30.5 Å². The molecule has 0 radical (unpaired) electrons. The van der Waals surface area contributed by atoms with Gasteiger partial charge in [-0.2, -0.15) is 13.2 Å². The minimum atomic E-state index is -4.55. The van der Waals surface area contributed by atoms with E-state index in [2.05, 4.69) is 26.2 Å². The van der Waals surface area contributed by atoms with Crippen molar-refractivity contribution in [2.24, 2.45) is 0 Å². The van der Waals surface area contributed by atoms with Gasteiger partial charge in [-0.3, -0.25) is 4.79 Å². The number of amides is 1. The zero-order chi connectivity index (χ0) is 15.6. The van der Waals surface area contributed by atoms with Crippen LogP contribution >= 0.6 is 27.5 Å². The van der Waals surface area contributed by atoms with Crippen LogP contribution in [0, 0.1) is 0 Å². The first-order valence-electron chi connectivity index (χ1n) is 5.57. The number of carbonyl (C=O) groups is 1. The van der Waals surface area contributed by atoms with E-state index < -0.39 is 17.6 Å². The van der Waals surface area contributed by atoms with Crippen LogP contribution in [0.25, 0.3) is 0 Å². The van der Waals surface area contributed by atoms with Crippen LogP contribution in [0.1, 0.15) is 15.9 Å². The van der Waals surface area contributed by atoms with Crippen molar-refractivity contribution >= 4 is 39.1 Å². The van der Waals surface area contributed by atoms with E-state index in [1.807, 2.05) is 0 Å². The van der Waals surface area contributed by atoms with Gasteiger partial charge in [-0.1, -0.05) is 27.5 Å². The van der Waals surface area contributed by atoms with Crippen LogP contribution in [0.15, 0.2) is 41.0 Å². The number of pyridine rings is 1. The minimum Gasteiger partial charge on any atom is -0.322 e. The Morgan fingerprint density at radius 3 is 2.57 bits per heavy atom. The van der Waals surface area contributed by atoms with Gasteiger partial charge in [0.2, 0.25) is 0 Å². The maximum absolute atomic E-state index is 12.8. The van der Waals surface area contributed by atoms with Crippen molar-refractivity contribution in [3.8, 4) is 0 Å². The third kappa shape index (κ3) is 3.95. The molecule has 0 saturated carbocycles. The zero-order valence-corrected chi connectivity index (χ0v) is 12.6. The second-order valence-corrected chi connectivity index (χ2v) is 5.26. The number of hydrogen-bond acceptors (Lipinski definition) is 2. The third-order valence-corrected chi connectivity index (χ3v) is 3.42. The molecule has 2 rings (SSSR count). The molecule has 2 aromatic rings. The van der Waals surface area contributed by atoms with Gasteiger partial charge in [-0.15, -0.1) is 0 Å². The lowest BCUT2D eigenvalue weighted by molar-refractivity contribution is -0.138. The smallest absolute Gasteiger partial charge is 0.322 e. The molecular formula is C13H7BrClF3N2O. The Bertz CT molecular complexity index is 691. The first-order valence-corrected chi connectivity index (χ1v) is 6.74. The number of halogens is 5. The molecule has 1 aromatic heterocycles. The van der Waals surface area contributed by atoms with Crippen LogP contribution in [0.3, 0.4) is 0 Å². The number of nitrogens with zero attached hydrogens (tertiary/aromatic N) is 1. The highest BCUT2D eigenvalue weighted by Gasteiger charge is 2.33. The van der Waals surface area contributed by atoms with Gasteiger partial charge in [0.05, 0.1) is 5.56 Å². The van der Waals surface area contributed by atoms with E-state index >= 15 is 0 Å². The quantitative estimate of drug-likeness (QED) is 0.764. The van der Waals surface area contributed by atoms with E-state index in [0.717, 1.165) is 6.07 Å². The fourth-order valence-corrected chi connectivity index (χ4v) is 2.21. The molecule has 1 heterocycles. The fraction of sp³-hybridized carbons (Fsp3) is 0.0769. The Morgan fingerprint density at radius 1 is 1.24 bits per heavy atom. The highest BCUT2D eigenvalue weighted by molar-refractivity contribution is 9.10. The lowest BCUT2D eigenvalue weighted by Crippen LogP contribution is -2.14. The molecule has 0 fully saturated rings. The van der Waals surface area contributed by atoms with Crippen molar-refractivity contribution in [2.45, 2.75) is 6.18 Å². The van der Waals surface area contributed by atoms with Crippen LogP contribution in [0.5, 0.6) is 0 Å².